The smallest absolute Gasteiger partial charge is 0.171 e. The highest BCUT2D eigenvalue weighted by Gasteiger charge is 2.38. The normalized spacial score (nSPS) is 35.1. The minimum atomic E-state index is -0.183. The average molecular weight is 191 g/mol. The Morgan fingerprint density at radius 1 is 1.43 bits per heavy atom. The number of allylic oxidation sites excluding steroid dienone is 2. The molecule has 0 fully saturated rings. The number of ether oxygens (including phenoxy) is 1. The molecule has 0 spiro atoms. The summed E-state index contributed by atoms with van der Waals surface area (Å²) in [7, 11) is 0. The molecule has 0 aromatic rings. The van der Waals surface area contributed by atoms with Crippen LogP contribution in [0.5, 0.6) is 0 Å². The van der Waals surface area contributed by atoms with Gasteiger partial charge in [0, 0.05) is 0 Å². The predicted octanol–water partition coefficient (Wildman–Crippen LogP) is 2.71. The van der Waals surface area contributed by atoms with Crippen molar-refractivity contribution >= 4 is 6.40 Å². The Hall–Kier alpha value is -1.05. The van der Waals surface area contributed by atoms with E-state index in [9.17, 15) is 0 Å². The lowest BCUT2D eigenvalue weighted by Gasteiger charge is -2.31. The molecule has 0 radical (unpaired) electrons. The maximum atomic E-state index is 5.40. The third-order valence-corrected chi connectivity index (χ3v) is 2.88. The van der Waals surface area contributed by atoms with Gasteiger partial charge >= 0.3 is 0 Å². The minimum absolute atomic E-state index is 0.0913. The molecule has 0 saturated heterocycles. The molecule has 2 heteroatoms. The SMILES string of the molecule is CC(C)(C)C1=CC2(C)N=COC2C=C1. The Morgan fingerprint density at radius 3 is 2.79 bits per heavy atom. The molecule has 0 aromatic heterocycles. The predicted molar refractivity (Wildman–Crippen MR) is 58.4 cm³/mol. The van der Waals surface area contributed by atoms with Crippen molar-refractivity contribution in [3.63, 3.8) is 0 Å². The molecule has 76 valence electrons. The second-order valence-electron chi connectivity index (χ2n) is 5.23. The van der Waals surface area contributed by atoms with Crippen molar-refractivity contribution < 1.29 is 4.74 Å². The molecule has 0 amide bonds. The summed E-state index contributed by atoms with van der Waals surface area (Å²) in [5.41, 5.74) is 1.33. The van der Waals surface area contributed by atoms with Crippen molar-refractivity contribution in [2.75, 3.05) is 0 Å². The van der Waals surface area contributed by atoms with E-state index < -0.39 is 0 Å². The quantitative estimate of drug-likeness (QED) is 0.577. The van der Waals surface area contributed by atoms with Crippen LogP contribution in [0.2, 0.25) is 0 Å². The van der Waals surface area contributed by atoms with E-state index in [1.54, 1.807) is 6.40 Å². The molecule has 2 nitrogen and oxygen atoms in total. The highest BCUT2D eigenvalue weighted by Crippen LogP contribution is 2.37. The van der Waals surface area contributed by atoms with Gasteiger partial charge < -0.3 is 4.74 Å². The summed E-state index contributed by atoms with van der Waals surface area (Å²) in [5.74, 6) is 0. The van der Waals surface area contributed by atoms with Crippen LogP contribution in [0.3, 0.4) is 0 Å². The Kier molecular flexibility index (Phi) is 1.85. The van der Waals surface area contributed by atoms with E-state index in [0.717, 1.165) is 0 Å². The second kappa shape index (κ2) is 2.72. The first-order valence-electron chi connectivity index (χ1n) is 5.02. The maximum absolute atomic E-state index is 5.40. The summed E-state index contributed by atoms with van der Waals surface area (Å²) in [6, 6.07) is 0. The number of fused-ring (bicyclic) bond motifs is 1. The van der Waals surface area contributed by atoms with Crippen LogP contribution in [0.1, 0.15) is 27.7 Å². The molecular formula is C12H17NO. The minimum Gasteiger partial charge on any atom is -0.473 e. The molecule has 0 aromatic carbocycles. The Balaban J connectivity index is 2.36. The summed E-state index contributed by atoms with van der Waals surface area (Å²) in [6.07, 6.45) is 8.14. The van der Waals surface area contributed by atoms with Crippen LogP contribution in [-0.2, 0) is 4.74 Å². The molecule has 0 N–H and O–H groups in total. The average Bonchev–Trinajstić information content (AvgIpc) is 2.42. The molecule has 0 bridgehead atoms. The van der Waals surface area contributed by atoms with Crippen LogP contribution in [0.25, 0.3) is 0 Å². The van der Waals surface area contributed by atoms with Gasteiger partial charge in [-0.05, 0) is 30.1 Å². The van der Waals surface area contributed by atoms with E-state index in [0.29, 0.717) is 0 Å². The number of hydrogen-bond donors (Lipinski definition) is 0. The zero-order valence-corrected chi connectivity index (χ0v) is 9.24. The first kappa shape index (κ1) is 9.50. The van der Waals surface area contributed by atoms with Crippen molar-refractivity contribution in [3.8, 4) is 0 Å². The van der Waals surface area contributed by atoms with E-state index in [2.05, 4.69) is 50.9 Å². The van der Waals surface area contributed by atoms with Gasteiger partial charge in [0.2, 0.25) is 0 Å². The molecule has 1 heterocycles. The van der Waals surface area contributed by atoms with Crippen LogP contribution in [0.15, 0.2) is 28.8 Å². The fraction of sp³-hybridized carbons (Fsp3) is 0.583. The maximum Gasteiger partial charge on any atom is 0.171 e. The molecule has 2 aliphatic rings. The van der Waals surface area contributed by atoms with E-state index in [1.165, 1.54) is 5.57 Å². The standard InChI is InChI=1S/C12H17NO/c1-11(2,3)9-5-6-10-12(4,7-9)13-8-14-10/h5-8,10H,1-4H3. The summed E-state index contributed by atoms with van der Waals surface area (Å²) in [4.78, 5) is 4.38. The van der Waals surface area contributed by atoms with Crippen LogP contribution >= 0.6 is 0 Å². The highest BCUT2D eigenvalue weighted by atomic mass is 16.5. The molecule has 2 atom stereocenters. The van der Waals surface area contributed by atoms with Gasteiger partial charge in [-0.1, -0.05) is 26.8 Å². The van der Waals surface area contributed by atoms with Crippen LogP contribution in [-0.4, -0.2) is 18.0 Å². The zero-order chi connectivity index (χ0) is 10.4. The van der Waals surface area contributed by atoms with Crippen LogP contribution < -0.4 is 0 Å². The van der Waals surface area contributed by atoms with Crippen LogP contribution in [0, 0.1) is 5.41 Å². The van der Waals surface area contributed by atoms with Crippen molar-refractivity contribution in [2.45, 2.75) is 39.3 Å². The molecule has 0 saturated carbocycles. The van der Waals surface area contributed by atoms with Gasteiger partial charge in [-0.25, -0.2) is 4.99 Å². The Bertz CT molecular complexity index is 333. The third-order valence-electron chi connectivity index (χ3n) is 2.88. The molecule has 1 aliphatic carbocycles. The number of rotatable bonds is 0. The fourth-order valence-corrected chi connectivity index (χ4v) is 1.80. The van der Waals surface area contributed by atoms with E-state index >= 15 is 0 Å². The van der Waals surface area contributed by atoms with Gasteiger partial charge in [0.1, 0.15) is 11.6 Å². The molecule has 14 heavy (non-hydrogen) atoms. The van der Waals surface area contributed by atoms with Gasteiger partial charge in [0.15, 0.2) is 6.40 Å². The lowest BCUT2D eigenvalue weighted by Crippen LogP contribution is -2.34. The number of hydrogen-bond acceptors (Lipinski definition) is 2. The molecular weight excluding hydrogens is 174 g/mol. The summed E-state index contributed by atoms with van der Waals surface area (Å²) >= 11 is 0. The van der Waals surface area contributed by atoms with Gasteiger partial charge in [-0.3, -0.25) is 0 Å². The first-order chi connectivity index (χ1) is 6.42. The second-order valence-corrected chi connectivity index (χ2v) is 5.23. The highest BCUT2D eigenvalue weighted by molar-refractivity contribution is 5.55. The van der Waals surface area contributed by atoms with Gasteiger partial charge in [-0.2, -0.15) is 0 Å². The van der Waals surface area contributed by atoms with E-state index in [-0.39, 0.29) is 17.1 Å². The molecule has 2 unspecified atom stereocenters. The monoisotopic (exact) mass is 191 g/mol. The van der Waals surface area contributed by atoms with Crippen molar-refractivity contribution in [2.24, 2.45) is 10.4 Å². The van der Waals surface area contributed by atoms with Crippen molar-refractivity contribution in [3.05, 3.63) is 23.8 Å². The summed E-state index contributed by atoms with van der Waals surface area (Å²) < 4.78 is 5.40. The lowest BCUT2D eigenvalue weighted by atomic mass is 9.78. The number of aliphatic imine (C=N–C) groups is 1. The van der Waals surface area contributed by atoms with Gasteiger partial charge in [0.05, 0.1) is 0 Å². The Labute approximate surface area is 85.4 Å². The number of nitrogens with zero attached hydrogens (tertiary/aromatic N) is 1. The topological polar surface area (TPSA) is 21.6 Å². The lowest BCUT2D eigenvalue weighted by molar-refractivity contribution is 0.220. The molecule has 2 rings (SSSR count). The van der Waals surface area contributed by atoms with Gasteiger partial charge in [-0.15, -0.1) is 0 Å². The summed E-state index contributed by atoms with van der Waals surface area (Å²) in [5, 5.41) is 0. The van der Waals surface area contributed by atoms with Crippen LogP contribution in [0.4, 0.5) is 0 Å². The summed E-state index contributed by atoms with van der Waals surface area (Å²) in [6.45, 7) is 8.75. The van der Waals surface area contributed by atoms with E-state index in [1.807, 2.05) is 0 Å². The molecule has 1 aliphatic heterocycles. The van der Waals surface area contributed by atoms with Crippen molar-refractivity contribution in [1.82, 2.24) is 0 Å². The third kappa shape index (κ3) is 1.39. The Morgan fingerprint density at radius 2 is 2.14 bits per heavy atom. The largest absolute Gasteiger partial charge is 0.473 e. The zero-order valence-electron chi connectivity index (χ0n) is 9.24. The first-order valence-corrected chi connectivity index (χ1v) is 5.02. The van der Waals surface area contributed by atoms with Crippen molar-refractivity contribution in [1.29, 1.82) is 0 Å². The van der Waals surface area contributed by atoms with E-state index in [4.69, 9.17) is 4.74 Å². The van der Waals surface area contributed by atoms with Gasteiger partial charge in [0.25, 0.3) is 0 Å². The fourth-order valence-electron chi connectivity index (χ4n) is 1.80.